The summed E-state index contributed by atoms with van der Waals surface area (Å²) < 4.78 is 5.54. The molecule has 0 radical (unpaired) electrons. The van der Waals surface area contributed by atoms with Crippen LogP contribution in [-0.4, -0.2) is 22.5 Å². The first-order valence-corrected chi connectivity index (χ1v) is 7.27. The number of rotatable bonds is 3. The Labute approximate surface area is 132 Å². The van der Waals surface area contributed by atoms with Crippen LogP contribution in [0.25, 0.3) is 0 Å². The van der Waals surface area contributed by atoms with Gasteiger partial charge in [0, 0.05) is 35.5 Å². The molecule has 3 N–H and O–H groups in total. The van der Waals surface area contributed by atoms with Crippen LogP contribution in [0.3, 0.4) is 0 Å². The van der Waals surface area contributed by atoms with Gasteiger partial charge in [-0.3, -0.25) is 14.6 Å². The maximum Gasteiger partial charge on any atom is 0.284 e. The topological polar surface area (TPSA) is 111 Å². The van der Waals surface area contributed by atoms with Gasteiger partial charge in [-0.15, -0.1) is 0 Å². The van der Waals surface area contributed by atoms with Gasteiger partial charge in [0.05, 0.1) is 5.71 Å². The average Bonchev–Trinajstić information content (AvgIpc) is 2.91. The maximum absolute atomic E-state index is 12.1. The first kappa shape index (κ1) is 15.0. The number of hydrazone groups is 1. The highest BCUT2D eigenvalue weighted by molar-refractivity contribution is 6.07. The fraction of sp³-hybridized carbons (Fsp3) is 0.250. The van der Waals surface area contributed by atoms with Crippen molar-refractivity contribution in [3.05, 3.63) is 52.7 Å². The minimum Gasteiger partial charge on any atom is -0.455 e. The van der Waals surface area contributed by atoms with Crippen LogP contribution in [0.1, 0.15) is 50.6 Å². The Balaban J connectivity index is 1.88. The molecule has 0 saturated heterocycles. The van der Waals surface area contributed by atoms with Crippen LogP contribution >= 0.6 is 0 Å². The second kappa shape index (κ2) is 6.04. The van der Waals surface area contributed by atoms with Crippen molar-refractivity contribution in [2.24, 2.45) is 10.8 Å². The Kier molecular flexibility index (Phi) is 3.92. The molecule has 0 atom stereocenters. The third kappa shape index (κ3) is 2.85. The number of aryl methyl sites for hydroxylation is 1. The summed E-state index contributed by atoms with van der Waals surface area (Å²) in [6.07, 6.45) is 5.34. The fourth-order valence-electron chi connectivity index (χ4n) is 2.70. The first-order chi connectivity index (χ1) is 11.1. The molecule has 0 aliphatic heterocycles. The number of amides is 2. The number of furan rings is 1. The van der Waals surface area contributed by atoms with E-state index in [1.165, 1.54) is 0 Å². The van der Waals surface area contributed by atoms with Crippen molar-refractivity contribution in [2.75, 3.05) is 0 Å². The molecular weight excluding hydrogens is 296 g/mol. The normalized spacial score (nSPS) is 15.3. The summed E-state index contributed by atoms with van der Waals surface area (Å²) in [5.74, 6) is -0.0649. The molecule has 0 saturated carbocycles. The number of hydrogen-bond donors (Lipinski definition) is 2. The third-order valence-electron chi connectivity index (χ3n) is 3.78. The van der Waals surface area contributed by atoms with E-state index in [0.29, 0.717) is 29.0 Å². The Hall–Kier alpha value is -2.96. The summed E-state index contributed by atoms with van der Waals surface area (Å²) in [6.45, 7) is 1.77. The Bertz CT molecular complexity index is 793. The maximum atomic E-state index is 12.1. The second-order valence-corrected chi connectivity index (χ2v) is 5.31. The highest BCUT2D eigenvalue weighted by Crippen LogP contribution is 2.29. The Morgan fingerprint density at radius 1 is 1.30 bits per heavy atom. The number of hydrogen-bond acceptors (Lipinski definition) is 5. The van der Waals surface area contributed by atoms with Gasteiger partial charge in [0.15, 0.2) is 5.76 Å². The van der Waals surface area contributed by atoms with E-state index < -0.39 is 5.91 Å². The summed E-state index contributed by atoms with van der Waals surface area (Å²) >= 11 is 0. The molecule has 2 amide bonds. The molecule has 1 aliphatic rings. The highest BCUT2D eigenvalue weighted by Gasteiger charge is 2.27. The first-order valence-electron chi connectivity index (χ1n) is 7.27. The van der Waals surface area contributed by atoms with Gasteiger partial charge in [0.1, 0.15) is 5.76 Å². The summed E-state index contributed by atoms with van der Waals surface area (Å²) in [5.41, 5.74) is 10.5. The number of nitrogens with zero attached hydrogens (tertiary/aromatic N) is 2. The molecule has 0 aromatic carbocycles. The van der Waals surface area contributed by atoms with Crippen molar-refractivity contribution in [1.29, 1.82) is 0 Å². The van der Waals surface area contributed by atoms with Crippen molar-refractivity contribution in [1.82, 2.24) is 10.4 Å². The zero-order valence-corrected chi connectivity index (χ0v) is 12.6. The average molecular weight is 312 g/mol. The van der Waals surface area contributed by atoms with Gasteiger partial charge in [0.2, 0.25) is 0 Å². The fourth-order valence-corrected chi connectivity index (χ4v) is 2.70. The van der Waals surface area contributed by atoms with E-state index >= 15 is 0 Å². The zero-order valence-electron chi connectivity index (χ0n) is 12.6. The summed E-state index contributed by atoms with van der Waals surface area (Å²) in [5, 5.41) is 4.22. The van der Waals surface area contributed by atoms with Gasteiger partial charge < -0.3 is 10.2 Å². The largest absolute Gasteiger partial charge is 0.455 e. The van der Waals surface area contributed by atoms with Crippen LogP contribution in [0.5, 0.6) is 0 Å². The van der Waals surface area contributed by atoms with Crippen molar-refractivity contribution >= 4 is 17.5 Å². The molecule has 1 aliphatic carbocycles. The molecule has 0 bridgehead atoms. The van der Waals surface area contributed by atoms with Gasteiger partial charge in [0.25, 0.3) is 11.8 Å². The molecule has 0 fully saturated rings. The van der Waals surface area contributed by atoms with E-state index in [1.807, 2.05) is 0 Å². The van der Waals surface area contributed by atoms with Crippen LogP contribution in [0.2, 0.25) is 0 Å². The van der Waals surface area contributed by atoms with Gasteiger partial charge in [-0.25, -0.2) is 5.43 Å². The summed E-state index contributed by atoms with van der Waals surface area (Å²) in [7, 11) is 0. The number of carbonyl (C=O) groups excluding carboxylic acids is 2. The van der Waals surface area contributed by atoms with Gasteiger partial charge in [-0.1, -0.05) is 0 Å². The molecule has 0 spiro atoms. The highest BCUT2D eigenvalue weighted by atomic mass is 16.4. The smallest absolute Gasteiger partial charge is 0.284 e. The van der Waals surface area contributed by atoms with E-state index in [9.17, 15) is 9.59 Å². The number of nitrogens with one attached hydrogen (secondary N) is 1. The van der Waals surface area contributed by atoms with E-state index in [-0.39, 0.29) is 11.7 Å². The van der Waals surface area contributed by atoms with Crippen molar-refractivity contribution in [2.45, 2.75) is 26.2 Å². The predicted molar refractivity (Wildman–Crippen MR) is 83.1 cm³/mol. The summed E-state index contributed by atoms with van der Waals surface area (Å²) in [4.78, 5) is 27.3. The van der Waals surface area contributed by atoms with Crippen LogP contribution in [0, 0.1) is 6.92 Å². The zero-order chi connectivity index (χ0) is 16.4. The van der Waals surface area contributed by atoms with Crippen LogP contribution in [0.4, 0.5) is 0 Å². The minimum absolute atomic E-state index is 0.157. The van der Waals surface area contributed by atoms with E-state index in [1.54, 1.807) is 31.5 Å². The molecule has 7 heteroatoms. The minimum atomic E-state index is -0.600. The molecule has 3 rings (SSSR count). The lowest BCUT2D eigenvalue weighted by atomic mass is 9.93. The third-order valence-corrected chi connectivity index (χ3v) is 3.78. The SMILES string of the molecule is Cc1c(C(N)=O)oc2c1/C(=N/NC(=O)c1ccncc1)CCC2. The molecular formula is C16H16N4O3. The monoisotopic (exact) mass is 312 g/mol. The van der Waals surface area contributed by atoms with Gasteiger partial charge in [-0.05, 0) is 31.9 Å². The number of carbonyl (C=O) groups is 2. The van der Waals surface area contributed by atoms with Crippen LogP contribution < -0.4 is 11.2 Å². The van der Waals surface area contributed by atoms with Gasteiger partial charge in [-0.2, -0.15) is 5.10 Å². The Morgan fingerprint density at radius 3 is 2.74 bits per heavy atom. The van der Waals surface area contributed by atoms with E-state index in [0.717, 1.165) is 18.4 Å². The molecule has 7 nitrogen and oxygen atoms in total. The number of pyridine rings is 1. The number of nitrogens with two attached hydrogens (primary N) is 1. The molecule has 2 aromatic rings. The standard InChI is InChI=1S/C16H16N4O3/c1-9-13-11(3-2-4-12(13)23-14(9)15(17)21)19-20-16(22)10-5-7-18-8-6-10/h5-8H,2-4H2,1H3,(H2,17,21)(H,20,22)/b19-11+. The Morgan fingerprint density at radius 2 is 2.04 bits per heavy atom. The van der Waals surface area contributed by atoms with Crippen LogP contribution in [-0.2, 0) is 6.42 Å². The van der Waals surface area contributed by atoms with Crippen LogP contribution in [0.15, 0.2) is 34.0 Å². The van der Waals surface area contributed by atoms with E-state index in [4.69, 9.17) is 10.2 Å². The van der Waals surface area contributed by atoms with Crippen molar-refractivity contribution in [3.63, 3.8) is 0 Å². The molecule has 118 valence electrons. The quantitative estimate of drug-likeness (QED) is 0.838. The molecule has 2 aromatic heterocycles. The lowest BCUT2D eigenvalue weighted by Gasteiger charge is -2.13. The van der Waals surface area contributed by atoms with Crippen molar-refractivity contribution in [3.8, 4) is 0 Å². The lowest BCUT2D eigenvalue weighted by Crippen LogP contribution is -2.22. The molecule has 2 heterocycles. The molecule has 0 unspecified atom stereocenters. The van der Waals surface area contributed by atoms with Crippen molar-refractivity contribution < 1.29 is 14.0 Å². The van der Waals surface area contributed by atoms with E-state index in [2.05, 4.69) is 15.5 Å². The number of aromatic nitrogens is 1. The predicted octanol–water partition coefficient (Wildman–Crippen LogP) is 1.55. The number of fused-ring (bicyclic) bond motifs is 1. The summed E-state index contributed by atoms with van der Waals surface area (Å²) in [6, 6.07) is 3.21. The number of primary amides is 1. The molecule has 23 heavy (non-hydrogen) atoms. The lowest BCUT2D eigenvalue weighted by molar-refractivity contribution is 0.0951. The second-order valence-electron chi connectivity index (χ2n) is 5.31. The van der Waals surface area contributed by atoms with Gasteiger partial charge >= 0.3 is 0 Å².